The molecule has 1 aromatic rings. The van der Waals surface area contributed by atoms with Gasteiger partial charge in [0.2, 0.25) is 0 Å². The van der Waals surface area contributed by atoms with Gasteiger partial charge in [0.15, 0.2) is 0 Å². The van der Waals surface area contributed by atoms with Crippen LogP contribution in [-0.4, -0.2) is 18.2 Å². The molecule has 0 aromatic heterocycles. The number of nitrogens with zero attached hydrogens (tertiary/aromatic N) is 2. The number of benzene rings is 1. The molecule has 102 valence electrons. The number of hydrogen-bond acceptors (Lipinski definition) is 3. The number of carbonyl (C=O) groups is 1. The predicted octanol–water partition coefficient (Wildman–Crippen LogP) is 3.97. The normalized spacial score (nSPS) is 10.7. The van der Waals surface area contributed by atoms with Gasteiger partial charge in [-0.15, -0.1) is 0 Å². The van der Waals surface area contributed by atoms with E-state index in [1.807, 2.05) is 13.0 Å². The standard InChI is InChI=1S/C14H17ClN2O2/c1-5-17(13(18)19-14(2,3)4)12-8-11(15)7-6-10(12)9-16/h6-8H,5H2,1-4H3. The summed E-state index contributed by atoms with van der Waals surface area (Å²) < 4.78 is 5.32. The predicted molar refractivity (Wildman–Crippen MR) is 75.4 cm³/mol. The number of carbonyl (C=O) groups excluding carboxylic acids is 1. The molecule has 0 spiro atoms. The Morgan fingerprint density at radius 1 is 1.47 bits per heavy atom. The summed E-state index contributed by atoms with van der Waals surface area (Å²) in [6.07, 6.45) is -0.492. The summed E-state index contributed by atoms with van der Waals surface area (Å²) in [4.78, 5) is 13.5. The fourth-order valence-electron chi connectivity index (χ4n) is 1.54. The number of ether oxygens (including phenoxy) is 1. The summed E-state index contributed by atoms with van der Waals surface area (Å²) in [5, 5.41) is 9.56. The molecule has 0 saturated heterocycles. The molecule has 0 bridgehead atoms. The van der Waals surface area contributed by atoms with Crippen LogP contribution in [-0.2, 0) is 4.74 Å². The third-order valence-corrected chi connectivity index (χ3v) is 2.54. The topological polar surface area (TPSA) is 53.3 Å². The Morgan fingerprint density at radius 2 is 2.11 bits per heavy atom. The number of amides is 1. The summed E-state index contributed by atoms with van der Waals surface area (Å²) in [5.74, 6) is 0. The van der Waals surface area contributed by atoms with Crippen LogP contribution in [0.15, 0.2) is 18.2 Å². The lowest BCUT2D eigenvalue weighted by atomic mass is 10.1. The van der Waals surface area contributed by atoms with E-state index in [4.69, 9.17) is 21.6 Å². The quantitative estimate of drug-likeness (QED) is 0.823. The number of hydrogen-bond donors (Lipinski definition) is 0. The summed E-state index contributed by atoms with van der Waals surface area (Å²) >= 11 is 5.92. The molecule has 0 N–H and O–H groups in total. The largest absolute Gasteiger partial charge is 0.443 e. The van der Waals surface area contributed by atoms with E-state index in [9.17, 15) is 4.79 Å². The van der Waals surface area contributed by atoms with Crippen LogP contribution in [0.3, 0.4) is 0 Å². The van der Waals surface area contributed by atoms with Crippen LogP contribution in [0.1, 0.15) is 33.3 Å². The van der Waals surface area contributed by atoms with Gasteiger partial charge in [0, 0.05) is 11.6 Å². The van der Waals surface area contributed by atoms with Crippen molar-refractivity contribution >= 4 is 23.4 Å². The summed E-state index contributed by atoms with van der Waals surface area (Å²) in [5.41, 5.74) is 0.263. The Labute approximate surface area is 118 Å². The van der Waals surface area contributed by atoms with Crippen molar-refractivity contribution in [2.45, 2.75) is 33.3 Å². The van der Waals surface area contributed by atoms with Crippen molar-refractivity contribution in [3.8, 4) is 6.07 Å². The molecule has 5 heteroatoms. The highest BCUT2D eigenvalue weighted by molar-refractivity contribution is 6.31. The third-order valence-electron chi connectivity index (χ3n) is 2.30. The van der Waals surface area contributed by atoms with Gasteiger partial charge in [-0.05, 0) is 45.9 Å². The van der Waals surface area contributed by atoms with Crippen LogP contribution in [0.2, 0.25) is 5.02 Å². The molecule has 19 heavy (non-hydrogen) atoms. The first-order valence-corrected chi connectivity index (χ1v) is 6.36. The van der Waals surface area contributed by atoms with Crippen LogP contribution < -0.4 is 4.90 Å². The van der Waals surface area contributed by atoms with Gasteiger partial charge in [0.05, 0.1) is 11.3 Å². The van der Waals surface area contributed by atoms with E-state index < -0.39 is 11.7 Å². The molecule has 0 saturated carbocycles. The lowest BCUT2D eigenvalue weighted by molar-refractivity contribution is 0.0582. The molecule has 1 rings (SSSR count). The maximum absolute atomic E-state index is 12.1. The van der Waals surface area contributed by atoms with E-state index in [0.717, 1.165) is 0 Å². The minimum absolute atomic E-state index is 0.386. The van der Waals surface area contributed by atoms with Crippen molar-refractivity contribution in [1.29, 1.82) is 5.26 Å². The Bertz CT molecular complexity index is 515. The van der Waals surface area contributed by atoms with Gasteiger partial charge >= 0.3 is 6.09 Å². The average molecular weight is 281 g/mol. The molecule has 0 aliphatic carbocycles. The second kappa shape index (κ2) is 5.94. The van der Waals surface area contributed by atoms with Gasteiger partial charge in [-0.3, -0.25) is 4.90 Å². The Kier molecular flexibility index (Phi) is 4.79. The maximum atomic E-state index is 12.1. The fraction of sp³-hybridized carbons (Fsp3) is 0.429. The zero-order chi connectivity index (χ0) is 14.6. The molecule has 0 unspecified atom stereocenters. The van der Waals surface area contributed by atoms with Gasteiger partial charge in [-0.1, -0.05) is 11.6 Å². The molecule has 0 aliphatic heterocycles. The zero-order valence-electron chi connectivity index (χ0n) is 11.5. The van der Waals surface area contributed by atoms with E-state index >= 15 is 0 Å². The highest BCUT2D eigenvalue weighted by atomic mass is 35.5. The second-order valence-electron chi connectivity index (χ2n) is 5.00. The minimum Gasteiger partial charge on any atom is -0.443 e. The molecule has 4 nitrogen and oxygen atoms in total. The SMILES string of the molecule is CCN(C(=O)OC(C)(C)C)c1cc(Cl)ccc1C#N. The fourth-order valence-corrected chi connectivity index (χ4v) is 1.70. The number of rotatable bonds is 2. The zero-order valence-corrected chi connectivity index (χ0v) is 12.3. The van der Waals surface area contributed by atoms with Crippen molar-refractivity contribution in [3.05, 3.63) is 28.8 Å². The molecular weight excluding hydrogens is 264 g/mol. The van der Waals surface area contributed by atoms with Crippen molar-refractivity contribution in [2.24, 2.45) is 0 Å². The molecular formula is C14H17ClN2O2. The maximum Gasteiger partial charge on any atom is 0.414 e. The van der Waals surface area contributed by atoms with Crippen LogP contribution in [0.4, 0.5) is 10.5 Å². The van der Waals surface area contributed by atoms with Gasteiger partial charge in [-0.25, -0.2) is 4.79 Å². The summed E-state index contributed by atoms with van der Waals surface area (Å²) in [6, 6.07) is 6.84. The highest BCUT2D eigenvalue weighted by Gasteiger charge is 2.24. The number of halogens is 1. The van der Waals surface area contributed by atoms with E-state index in [0.29, 0.717) is 22.8 Å². The van der Waals surface area contributed by atoms with Crippen LogP contribution in [0.5, 0.6) is 0 Å². The molecule has 0 aliphatic rings. The Balaban J connectivity index is 3.14. The summed E-state index contributed by atoms with van der Waals surface area (Å²) in [6.45, 7) is 7.58. The molecule has 0 heterocycles. The van der Waals surface area contributed by atoms with Crippen LogP contribution >= 0.6 is 11.6 Å². The van der Waals surface area contributed by atoms with Gasteiger partial charge in [0.25, 0.3) is 0 Å². The first-order chi connectivity index (χ1) is 8.78. The lowest BCUT2D eigenvalue weighted by Gasteiger charge is -2.27. The number of nitriles is 1. The van der Waals surface area contributed by atoms with Gasteiger partial charge in [-0.2, -0.15) is 5.26 Å². The Hall–Kier alpha value is -1.73. The second-order valence-corrected chi connectivity index (χ2v) is 5.43. The smallest absolute Gasteiger partial charge is 0.414 e. The van der Waals surface area contributed by atoms with E-state index in [1.54, 1.807) is 39.0 Å². The number of anilines is 1. The van der Waals surface area contributed by atoms with E-state index in [1.165, 1.54) is 4.90 Å². The molecule has 0 atom stereocenters. The van der Waals surface area contributed by atoms with Gasteiger partial charge in [0.1, 0.15) is 11.7 Å². The Morgan fingerprint density at radius 3 is 2.58 bits per heavy atom. The van der Waals surface area contributed by atoms with Gasteiger partial charge < -0.3 is 4.74 Å². The van der Waals surface area contributed by atoms with Crippen molar-refractivity contribution in [1.82, 2.24) is 0 Å². The first-order valence-electron chi connectivity index (χ1n) is 5.98. The highest BCUT2D eigenvalue weighted by Crippen LogP contribution is 2.26. The molecule has 0 fully saturated rings. The molecule has 0 radical (unpaired) electrons. The van der Waals surface area contributed by atoms with Crippen molar-refractivity contribution in [2.75, 3.05) is 11.4 Å². The minimum atomic E-state index is -0.587. The average Bonchev–Trinajstić information content (AvgIpc) is 2.28. The molecule has 1 amide bonds. The third kappa shape index (κ3) is 4.15. The lowest BCUT2D eigenvalue weighted by Crippen LogP contribution is -2.37. The van der Waals surface area contributed by atoms with Crippen molar-refractivity contribution in [3.63, 3.8) is 0 Å². The van der Waals surface area contributed by atoms with Crippen LogP contribution in [0, 0.1) is 11.3 Å². The van der Waals surface area contributed by atoms with E-state index in [-0.39, 0.29) is 0 Å². The summed E-state index contributed by atoms with van der Waals surface area (Å²) in [7, 11) is 0. The van der Waals surface area contributed by atoms with Crippen LogP contribution in [0.25, 0.3) is 0 Å². The van der Waals surface area contributed by atoms with Crippen molar-refractivity contribution < 1.29 is 9.53 Å². The first kappa shape index (κ1) is 15.3. The monoisotopic (exact) mass is 280 g/mol. The van der Waals surface area contributed by atoms with E-state index in [2.05, 4.69) is 0 Å². The molecule has 1 aromatic carbocycles.